The number of piperidine rings is 1. The first kappa shape index (κ1) is 35.9. The number of nitrogens with one attached hydrogen (secondary N) is 1. The zero-order valence-electron chi connectivity index (χ0n) is 29.0. The molecule has 0 aliphatic carbocycles. The van der Waals surface area contributed by atoms with Crippen molar-refractivity contribution in [1.82, 2.24) is 20.2 Å². The highest BCUT2D eigenvalue weighted by Gasteiger charge is 2.37. The summed E-state index contributed by atoms with van der Waals surface area (Å²) in [6.45, 7) is 15.3. The zero-order chi connectivity index (χ0) is 35.4. The van der Waals surface area contributed by atoms with Gasteiger partial charge < -0.3 is 24.4 Å². The van der Waals surface area contributed by atoms with Gasteiger partial charge >= 0.3 is 12.2 Å². The van der Waals surface area contributed by atoms with Crippen LogP contribution < -0.4 is 15.0 Å². The highest BCUT2D eigenvalue weighted by molar-refractivity contribution is 6.17. The summed E-state index contributed by atoms with van der Waals surface area (Å²) in [6.07, 6.45) is 1.91. The Morgan fingerprint density at radius 1 is 1.10 bits per heavy atom. The van der Waals surface area contributed by atoms with Gasteiger partial charge in [0.15, 0.2) is 0 Å². The first-order chi connectivity index (χ1) is 22.4. The van der Waals surface area contributed by atoms with Crippen molar-refractivity contribution in [2.75, 3.05) is 31.6 Å². The average Bonchev–Trinajstić information content (AvgIpc) is 3.01. The molecule has 0 saturated carbocycles. The fraction of sp³-hybridized carbons (Fsp3) is 0.429. The van der Waals surface area contributed by atoms with Crippen LogP contribution >= 0.6 is 0 Å². The lowest BCUT2D eigenvalue weighted by Gasteiger charge is -2.41. The first-order valence-electron chi connectivity index (χ1n) is 15.7. The van der Waals surface area contributed by atoms with E-state index in [1.807, 2.05) is 51.1 Å². The van der Waals surface area contributed by atoms with Crippen LogP contribution in [0.1, 0.15) is 65.0 Å². The molecule has 0 bridgehead atoms. The van der Waals surface area contributed by atoms with Gasteiger partial charge in [-0.05, 0) is 78.0 Å². The van der Waals surface area contributed by atoms with Crippen LogP contribution in [0.15, 0.2) is 54.7 Å². The molecule has 1 N–H and O–H groups in total. The molecule has 13 heteroatoms. The van der Waals surface area contributed by atoms with Crippen molar-refractivity contribution in [3.63, 3.8) is 0 Å². The molecular formula is C35H44N6O6Si. The molecule has 0 radical (unpaired) electrons. The number of fused-ring (bicyclic) bond motifs is 1. The van der Waals surface area contributed by atoms with Crippen LogP contribution in [0.3, 0.4) is 0 Å². The minimum absolute atomic E-state index is 0.0104. The van der Waals surface area contributed by atoms with Gasteiger partial charge in [-0.2, -0.15) is 5.26 Å². The molecule has 12 nitrogen and oxygen atoms in total. The Morgan fingerprint density at radius 2 is 1.79 bits per heavy atom. The molecule has 3 amide bonds. The van der Waals surface area contributed by atoms with Gasteiger partial charge in [-0.15, -0.1) is 0 Å². The number of aromatic nitrogens is 2. The van der Waals surface area contributed by atoms with Gasteiger partial charge in [0.1, 0.15) is 17.0 Å². The van der Waals surface area contributed by atoms with Crippen molar-refractivity contribution in [3.8, 4) is 23.1 Å². The van der Waals surface area contributed by atoms with Crippen LogP contribution in [0.5, 0.6) is 5.75 Å². The van der Waals surface area contributed by atoms with Crippen LogP contribution in [0, 0.1) is 11.3 Å². The number of rotatable bonds is 7. The number of nitriles is 1. The largest absolute Gasteiger partial charge is 0.495 e. The Morgan fingerprint density at radius 3 is 2.44 bits per heavy atom. The summed E-state index contributed by atoms with van der Waals surface area (Å²) in [5.74, 6) is -0.0553. The predicted octanol–water partition coefficient (Wildman–Crippen LogP) is 4.95. The molecule has 3 aromatic rings. The molecule has 1 fully saturated rings. The second kappa shape index (κ2) is 14.0. The first-order valence-corrected chi connectivity index (χ1v) is 16.7. The fourth-order valence-electron chi connectivity index (χ4n) is 5.45. The number of hydrogen-bond donors (Lipinski definition) is 1. The highest BCUT2D eigenvalue weighted by atomic mass is 28.1. The molecule has 1 aliphatic heterocycles. The quantitative estimate of drug-likeness (QED) is 0.272. The monoisotopic (exact) mass is 672 g/mol. The van der Waals surface area contributed by atoms with E-state index < -0.39 is 34.5 Å². The second-order valence-corrected chi connectivity index (χ2v) is 16.0. The molecule has 48 heavy (non-hydrogen) atoms. The van der Waals surface area contributed by atoms with Crippen molar-refractivity contribution in [2.45, 2.75) is 70.7 Å². The van der Waals surface area contributed by atoms with E-state index in [0.717, 1.165) is 18.2 Å². The van der Waals surface area contributed by atoms with Crippen molar-refractivity contribution < 1.29 is 28.6 Å². The minimum atomic E-state index is -0.796. The molecular weight excluding hydrogens is 629 g/mol. The number of carbonyl (C=O) groups is 3. The summed E-state index contributed by atoms with van der Waals surface area (Å²) in [7, 11) is 2.09. The molecule has 4 rings (SSSR count). The number of hydrogen-bond acceptors (Lipinski definition) is 9. The fourth-order valence-corrected chi connectivity index (χ4v) is 6.41. The van der Waals surface area contributed by atoms with E-state index in [-0.39, 0.29) is 17.9 Å². The molecule has 1 atom stereocenters. The number of methoxy groups -OCH3 is 1. The summed E-state index contributed by atoms with van der Waals surface area (Å²) >= 11 is 0. The van der Waals surface area contributed by atoms with Crippen LogP contribution in [-0.4, -0.2) is 86.3 Å². The molecule has 1 aliphatic rings. The lowest BCUT2D eigenvalue weighted by Crippen LogP contribution is -2.60. The third-order valence-corrected chi connectivity index (χ3v) is 8.55. The zero-order valence-corrected chi connectivity index (χ0v) is 31.0. The van der Waals surface area contributed by atoms with Crippen molar-refractivity contribution >= 4 is 44.8 Å². The smallest absolute Gasteiger partial charge is 0.415 e. The molecule has 1 aromatic heterocycles. The van der Waals surface area contributed by atoms with Gasteiger partial charge in [0, 0.05) is 51.2 Å². The maximum absolute atomic E-state index is 13.5. The van der Waals surface area contributed by atoms with Crippen LogP contribution in [0.2, 0.25) is 0 Å². The number of benzene rings is 2. The Balaban J connectivity index is 1.68. The van der Waals surface area contributed by atoms with Crippen molar-refractivity contribution in [2.24, 2.45) is 0 Å². The number of ether oxygens (including phenoxy) is 3. The van der Waals surface area contributed by atoms with E-state index in [1.54, 1.807) is 37.8 Å². The van der Waals surface area contributed by atoms with Gasteiger partial charge in [-0.25, -0.2) is 19.6 Å². The molecule has 0 unspecified atom stereocenters. The molecule has 2 heterocycles. The van der Waals surface area contributed by atoms with E-state index in [2.05, 4.69) is 21.9 Å². The van der Waals surface area contributed by atoms with Crippen LogP contribution in [0.25, 0.3) is 22.0 Å². The Kier molecular flexibility index (Phi) is 10.5. The second-order valence-electron chi connectivity index (χ2n) is 14.1. The van der Waals surface area contributed by atoms with Gasteiger partial charge in [0.05, 0.1) is 31.1 Å². The molecule has 1 saturated heterocycles. The van der Waals surface area contributed by atoms with Gasteiger partial charge in [0.2, 0.25) is 5.82 Å². The number of likely N-dealkylation sites (tertiary alicyclic amines) is 1. The number of amides is 3. The number of carbonyl (C=O) groups excluding carboxylic acids is 3. The summed E-state index contributed by atoms with van der Waals surface area (Å²) in [4.78, 5) is 51.6. The SMILES string of the molecule is C=C(C#N)CN(C(=O)OC(C)(C)C)c1c(OC)ccc2ccc(-c3ccnc(C(=O)N[C@]4([SiH3])CCCN(C(=O)OC(C)(C)C)C4)n3)cc12. The van der Waals surface area contributed by atoms with Crippen molar-refractivity contribution in [3.05, 3.63) is 60.6 Å². The van der Waals surface area contributed by atoms with E-state index in [4.69, 9.17) is 14.2 Å². The van der Waals surface area contributed by atoms with Crippen molar-refractivity contribution in [1.29, 1.82) is 5.26 Å². The highest BCUT2D eigenvalue weighted by Crippen LogP contribution is 2.39. The van der Waals surface area contributed by atoms with Gasteiger partial charge in [-0.3, -0.25) is 9.69 Å². The van der Waals surface area contributed by atoms with Crippen LogP contribution in [-0.2, 0) is 9.47 Å². The Bertz CT molecular complexity index is 1780. The maximum atomic E-state index is 13.5. The third-order valence-electron chi connectivity index (χ3n) is 7.48. The number of anilines is 1. The predicted molar refractivity (Wildman–Crippen MR) is 187 cm³/mol. The van der Waals surface area contributed by atoms with E-state index in [1.165, 1.54) is 18.2 Å². The summed E-state index contributed by atoms with van der Waals surface area (Å²) in [5, 5.41) is 13.5. The Hall–Kier alpha value is -4.96. The molecule has 2 aromatic carbocycles. The summed E-state index contributed by atoms with van der Waals surface area (Å²) in [6, 6.07) is 12.9. The summed E-state index contributed by atoms with van der Waals surface area (Å²) in [5.41, 5.74) is 0.290. The molecule has 254 valence electrons. The third kappa shape index (κ3) is 8.89. The van der Waals surface area contributed by atoms with Crippen LogP contribution in [0.4, 0.5) is 15.3 Å². The Labute approximate surface area is 284 Å². The van der Waals surface area contributed by atoms with E-state index >= 15 is 0 Å². The number of nitrogens with zero attached hydrogens (tertiary/aromatic N) is 5. The van der Waals surface area contributed by atoms with E-state index in [0.29, 0.717) is 51.4 Å². The lowest BCUT2D eigenvalue weighted by molar-refractivity contribution is 0.0164. The summed E-state index contributed by atoms with van der Waals surface area (Å²) < 4.78 is 17.0. The lowest BCUT2D eigenvalue weighted by atomic mass is 10.0. The topological polar surface area (TPSA) is 147 Å². The van der Waals surface area contributed by atoms with Gasteiger partial charge in [-0.1, -0.05) is 24.8 Å². The normalized spacial score (nSPS) is 16.5. The standard InChI is InChI=1S/C35H44N6O6Si/c1-22(19-36)20-41(32(44)47-34(5,6)7)28-25-18-24(11-10-23(25)12-13-27(28)45-8)26-14-16-37-29(38-26)30(42)39-35(48)15-9-17-40(21-35)31(43)46-33(2,3)4/h10-14,16,18H,1,9,15,17,20-21H2,2-8,48H3,(H,39,42)/t35-/m0/s1. The van der Waals surface area contributed by atoms with Gasteiger partial charge in [0.25, 0.3) is 5.91 Å². The maximum Gasteiger partial charge on any atom is 0.415 e. The van der Waals surface area contributed by atoms with E-state index in [9.17, 15) is 19.6 Å². The average molecular weight is 673 g/mol. The minimum Gasteiger partial charge on any atom is -0.495 e. The molecule has 0 spiro atoms.